The molecule has 1 heterocycles. The maximum atomic E-state index is 3.74. The minimum atomic E-state index is 0.493. The van der Waals surface area contributed by atoms with Crippen LogP contribution >= 0.6 is 11.8 Å². The summed E-state index contributed by atoms with van der Waals surface area (Å²) < 4.78 is 0. The SMILES string of the molecule is CN(C)C1(CNC2CCSC2)CCC1. The van der Waals surface area contributed by atoms with Crippen LogP contribution in [0.4, 0.5) is 0 Å². The third-order valence-corrected chi connectivity index (χ3v) is 5.04. The quantitative estimate of drug-likeness (QED) is 0.765. The van der Waals surface area contributed by atoms with E-state index in [9.17, 15) is 0 Å². The molecule has 2 nitrogen and oxygen atoms in total. The van der Waals surface area contributed by atoms with E-state index < -0.39 is 0 Å². The Labute approximate surface area is 91.8 Å². The predicted octanol–water partition coefficient (Wildman–Crippen LogP) is 1.57. The van der Waals surface area contributed by atoms with Crippen LogP contribution in [0.2, 0.25) is 0 Å². The summed E-state index contributed by atoms with van der Waals surface area (Å²) in [6, 6.07) is 0.789. The highest BCUT2D eigenvalue weighted by atomic mass is 32.2. The molecular weight excluding hydrogens is 192 g/mol. The second kappa shape index (κ2) is 4.42. The number of nitrogens with zero attached hydrogens (tertiary/aromatic N) is 1. The molecule has 2 aliphatic rings. The standard InChI is InChI=1S/C11H22N2S/c1-13(2)11(5-3-6-11)9-12-10-4-7-14-8-10/h10,12H,3-9H2,1-2H3. The number of likely N-dealkylation sites (N-methyl/N-ethyl adjacent to an activating group) is 1. The average Bonchev–Trinajstić information content (AvgIpc) is 2.53. The molecule has 3 heteroatoms. The topological polar surface area (TPSA) is 15.3 Å². The van der Waals surface area contributed by atoms with Crippen LogP contribution in [0, 0.1) is 0 Å². The van der Waals surface area contributed by atoms with Gasteiger partial charge in [0.1, 0.15) is 0 Å². The fourth-order valence-electron chi connectivity index (χ4n) is 2.40. The Hall–Kier alpha value is 0.270. The summed E-state index contributed by atoms with van der Waals surface area (Å²) in [6.07, 6.45) is 5.55. The van der Waals surface area contributed by atoms with Crippen LogP contribution in [0.25, 0.3) is 0 Å². The Morgan fingerprint density at radius 1 is 1.43 bits per heavy atom. The lowest BCUT2D eigenvalue weighted by atomic mass is 9.75. The van der Waals surface area contributed by atoms with Crippen molar-refractivity contribution >= 4 is 11.8 Å². The van der Waals surface area contributed by atoms with E-state index in [4.69, 9.17) is 0 Å². The molecular formula is C11H22N2S. The van der Waals surface area contributed by atoms with Crippen molar-refractivity contribution in [2.24, 2.45) is 0 Å². The zero-order chi connectivity index (χ0) is 10.0. The van der Waals surface area contributed by atoms with Gasteiger partial charge in [-0.1, -0.05) is 0 Å². The predicted molar refractivity (Wildman–Crippen MR) is 64.0 cm³/mol. The molecule has 1 N–H and O–H groups in total. The molecule has 0 aromatic carbocycles. The van der Waals surface area contributed by atoms with Crippen molar-refractivity contribution in [3.05, 3.63) is 0 Å². The largest absolute Gasteiger partial charge is 0.311 e. The molecule has 82 valence electrons. The molecule has 0 amide bonds. The van der Waals surface area contributed by atoms with Crippen LogP contribution in [0.1, 0.15) is 25.7 Å². The van der Waals surface area contributed by atoms with Crippen molar-refractivity contribution in [1.82, 2.24) is 10.2 Å². The van der Waals surface area contributed by atoms with Crippen molar-refractivity contribution in [1.29, 1.82) is 0 Å². The molecule has 0 bridgehead atoms. The number of hydrogen-bond donors (Lipinski definition) is 1. The van der Waals surface area contributed by atoms with E-state index in [0.29, 0.717) is 5.54 Å². The third kappa shape index (κ3) is 2.10. The van der Waals surface area contributed by atoms with E-state index in [-0.39, 0.29) is 0 Å². The summed E-state index contributed by atoms with van der Waals surface area (Å²) in [5.74, 6) is 2.68. The molecule has 0 radical (unpaired) electrons. The van der Waals surface area contributed by atoms with Crippen LogP contribution in [0.15, 0.2) is 0 Å². The number of nitrogens with one attached hydrogen (secondary N) is 1. The summed E-state index contributed by atoms with van der Waals surface area (Å²) in [6.45, 7) is 1.20. The van der Waals surface area contributed by atoms with Gasteiger partial charge < -0.3 is 10.2 Å². The molecule has 1 aliphatic heterocycles. The van der Waals surface area contributed by atoms with Gasteiger partial charge in [0.15, 0.2) is 0 Å². The first kappa shape index (κ1) is 10.8. The smallest absolute Gasteiger partial charge is 0.0328 e. The van der Waals surface area contributed by atoms with Gasteiger partial charge in [-0.25, -0.2) is 0 Å². The van der Waals surface area contributed by atoms with Crippen LogP contribution in [-0.2, 0) is 0 Å². The van der Waals surface area contributed by atoms with E-state index in [2.05, 4.69) is 36.1 Å². The molecule has 14 heavy (non-hydrogen) atoms. The Kier molecular flexibility index (Phi) is 3.40. The van der Waals surface area contributed by atoms with Gasteiger partial charge in [0.2, 0.25) is 0 Å². The molecule has 1 atom stereocenters. The summed E-state index contributed by atoms with van der Waals surface area (Å²) in [4.78, 5) is 2.42. The Balaban J connectivity index is 1.77. The molecule has 1 saturated heterocycles. The molecule has 0 aromatic heterocycles. The first-order valence-electron chi connectivity index (χ1n) is 5.71. The third-order valence-electron chi connectivity index (χ3n) is 3.88. The first-order valence-corrected chi connectivity index (χ1v) is 6.87. The fourth-order valence-corrected chi connectivity index (χ4v) is 3.58. The maximum absolute atomic E-state index is 3.74. The second-order valence-corrected chi connectivity index (χ2v) is 6.06. The zero-order valence-corrected chi connectivity index (χ0v) is 10.2. The monoisotopic (exact) mass is 214 g/mol. The van der Waals surface area contributed by atoms with Crippen LogP contribution in [0.3, 0.4) is 0 Å². The Morgan fingerprint density at radius 2 is 2.21 bits per heavy atom. The molecule has 0 aromatic rings. The number of hydrogen-bond acceptors (Lipinski definition) is 3. The Morgan fingerprint density at radius 3 is 2.64 bits per heavy atom. The normalized spacial score (nSPS) is 30.6. The van der Waals surface area contributed by atoms with E-state index in [1.54, 1.807) is 0 Å². The highest BCUT2D eigenvalue weighted by Crippen LogP contribution is 2.35. The molecule has 1 aliphatic carbocycles. The van der Waals surface area contributed by atoms with Crippen molar-refractivity contribution in [3.8, 4) is 0 Å². The first-order chi connectivity index (χ1) is 6.73. The van der Waals surface area contributed by atoms with Gasteiger partial charge in [-0.3, -0.25) is 0 Å². The van der Waals surface area contributed by atoms with Crippen molar-refractivity contribution < 1.29 is 0 Å². The lowest BCUT2D eigenvalue weighted by Crippen LogP contribution is -2.57. The molecule has 2 rings (SSSR count). The van der Waals surface area contributed by atoms with Gasteiger partial charge in [-0.15, -0.1) is 0 Å². The van der Waals surface area contributed by atoms with Crippen molar-refractivity contribution in [2.45, 2.75) is 37.3 Å². The van der Waals surface area contributed by atoms with Gasteiger partial charge in [-0.05, 0) is 45.5 Å². The van der Waals surface area contributed by atoms with Crippen molar-refractivity contribution in [3.63, 3.8) is 0 Å². The minimum absolute atomic E-state index is 0.493. The van der Waals surface area contributed by atoms with Gasteiger partial charge in [0.05, 0.1) is 0 Å². The highest BCUT2D eigenvalue weighted by molar-refractivity contribution is 7.99. The van der Waals surface area contributed by atoms with Crippen LogP contribution in [0.5, 0.6) is 0 Å². The molecule has 1 saturated carbocycles. The molecule has 0 spiro atoms. The van der Waals surface area contributed by atoms with Gasteiger partial charge in [0, 0.05) is 23.9 Å². The number of thioether (sulfide) groups is 1. The average molecular weight is 214 g/mol. The zero-order valence-electron chi connectivity index (χ0n) is 9.38. The minimum Gasteiger partial charge on any atom is -0.311 e. The highest BCUT2D eigenvalue weighted by Gasteiger charge is 2.39. The van der Waals surface area contributed by atoms with Gasteiger partial charge in [0.25, 0.3) is 0 Å². The van der Waals surface area contributed by atoms with Crippen LogP contribution in [-0.4, -0.2) is 48.6 Å². The maximum Gasteiger partial charge on any atom is 0.0328 e. The van der Waals surface area contributed by atoms with E-state index in [0.717, 1.165) is 6.04 Å². The Bertz CT molecular complexity index is 184. The van der Waals surface area contributed by atoms with Crippen molar-refractivity contribution in [2.75, 3.05) is 32.1 Å². The summed E-state index contributed by atoms with van der Waals surface area (Å²) >= 11 is 2.09. The lowest BCUT2D eigenvalue weighted by molar-refractivity contribution is 0.0579. The summed E-state index contributed by atoms with van der Waals surface area (Å²) in [7, 11) is 4.45. The summed E-state index contributed by atoms with van der Waals surface area (Å²) in [5.41, 5.74) is 0.493. The summed E-state index contributed by atoms with van der Waals surface area (Å²) in [5, 5.41) is 3.74. The fraction of sp³-hybridized carbons (Fsp3) is 1.00. The van der Waals surface area contributed by atoms with Gasteiger partial charge >= 0.3 is 0 Å². The van der Waals surface area contributed by atoms with E-state index in [1.807, 2.05) is 0 Å². The van der Waals surface area contributed by atoms with E-state index >= 15 is 0 Å². The molecule has 1 unspecified atom stereocenters. The van der Waals surface area contributed by atoms with Crippen LogP contribution < -0.4 is 5.32 Å². The van der Waals surface area contributed by atoms with Gasteiger partial charge in [-0.2, -0.15) is 11.8 Å². The number of rotatable bonds is 4. The molecule has 2 fully saturated rings. The van der Waals surface area contributed by atoms with E-state index in [1.165, 1.54) is 43.7 Å². The lowest BCUT2D eigenvalue weighted by Gasteiger charge is -2.48. The second-order valence-electron chi connectivity index (χ2n) is 4.91.